The third-order valence-electron chi connectivity index (χ3n) is 4.24. The minimum atomic E-state index is 0.830. The maximum absolute atomic E-state index is 6.03. The molecule has 0 N–H and O–H groups in total. The van der Waals surface area contributed by atoms with Crippen LogP contribution in [0.4, 0.5) is 0 Å². The lowest BCUT2D eigenvalue weighted by molar-refractivity contribution is 1.47. The lowest BCUT2D eigenvalue weighted by Crippen LogP contribution is -1.78. The van der Waals surface area contributed by atoms with Gasteiger partial charge in [0.2, 0.25) is 0 Å². The molecule has 0 saturated carbocycles. The van der Waals surface area contributed by atoms with Crippen LogP contribution in [0, 0.1) is 20.8 Å². The Labute approximate surface area is 148 Å². The molecule has 0 unspecified atom stereocenters. The van der Waals surface area contributed by atoms with Gasteiger partial charge < -0.3 is 0 Å². The Morgan fingerprint density at radius 3 is 1.79 bits per heavy atom. The molecule has 0 heterocycles. The summed E-state index contributed by atoms with van der Waals surface area (Å²) in [4.78, 5) is 0. The Hall–Kier alpha value is -2.31. The number of fused-ring (bicyclic) bond motifs is 2. The van der Waals surface area contributed by atoms with Crippen molar-refractivity contribution in [2.75, 3.05) is 0 Å². The molecule has 0 aliphatic carbocycles. The van der Waals surface area contributed by atoms with E-state index in [4.69, 9.17) is 11.6 Å². The van der Waals surface area contributed by atoms with Gasteiger partial charge in [-0.15, -0.1) is 0 Å². The molecule has 120 valence electrons. The van der Waals surface area contributed by atoms with Crippen LogP contribution < -0.4 is 0 Å². The average Bonchev–Trinajstić information content (AvgIpc) is 2.57. The number of hydrogen-bond donors (Lipinski definition) is 0. The van der Waals surface area contributed by atoms with E-state index >= 15 is 0 Å². The van der Waals surface area contributed by atoms with Crippen molar-refractivity contribution in [3.05, 3.63) is 94.5 Å². The van der Waals surface area contributed by atoms with Crippen molar-refractivity contribution in [2.45, 2.75) is 20.8 Å². The molecule has 4 aromatic rings. The summed E-state index contributed by atoms with van der Waals surface area (Å²) in [5.74, 6) is 0. The quantitative estimate of drug-likeness (QED) is 0.318. The highest BCUT2D eigenvalue weighted by Gasteiger charge is 1.97. The van der Waals surface area contributed by atoms with Gasteiger partial charge in [-0.3, -0.25) is 0 Å². The molecule has 0 aliphatic rings. The fourth-order valence-electron chi connectivity index (χ4n) is 2.89. The number of rotatable bonds is 0. The smallest absolute Gasteiger partial charge is 0.0484 e. The summed E-state index contributed by atoms with van der Waals surface area (Å²) in [6.07, 6.45) is 0. The predicted octanol–water partition coefficient (Wildman–Crippen LogP) is 7.26. The summed E-state index contributed by atoms with van der Waals surface area (Å²) in [6, 6.07) is 25.2. The van der Waals surface area contributed by atoms with E-state index in [0.29, 0.717) is 0 Å². The fourth-order valence-corrected chi connectivity index (χ4v) is 3.13. The Morgan fingerprint density at radius 1 is 0.583 bits per heavy atom. The summed E-state index contributed by atoms with van der Waals surface area (Å²) in [6.45, 7) is 6.36. The zero-order valence-corrected chi connectivity index (χ0v) is 15.1. The van der Waals surface area contributed by atoms with Crippen LogP contribution >= 0.6 is 11.6 Å². The van der Waals surface area contributed by atoms with E-state index in [2.05, 4.69) is 81.4 Å². The largest absolute Gasteiger partial charge is 0.0837 e. The first-order chi connectivity index (χ1) is 11.5. The van der Waals surface area contributed by atoms with Crippen LogP contribution in [0.5, 0.6) is 0 Å². The summed E-state index contributed by atoms with van der Waals surface area (Å²) < 4.78 is 0. The van der Waals surface area contributed by atoms with E-state index in [-0.39, 0.29) is 0 Å². The second kappa shape index (κ2) is 7.07. The van der Waals surface area contributed by atoms with Crippen LogP contribution in [0.1, 0.15) is 16.7 Å². The van der Waals surface area contributed by atoms with Crippen LogP contribution in [0.25, 0.3) is 21.5 Å². The van der Waals surface area contributed by atoms with Crippen molar-refractivity contribution in [1.82, 2.24) is 0 Å². The molecule has 0 atom stereocenters. The topological polar surface area (TPSA) is 0 Å². The first kappa shape index (κ1) is 16.5. The second-order valence-corrected chi connectivity index (χ2v) is 6.67. The minimum absolute atomic E-state index is 0.830. The Kier molecular flexibility index (Phi) is 4.87. The summed E-state index contributed by atoms with van der Waals surface area (Å²) >= 11 is 6.03. The van der Waals surface area contributed by atoms with Crippen molar-refractivity contribution >= 4 is 33.1 Å². The van der Waals surface area contributed by atoms with E-state index in [9.17, 15) is 0 Å². The zero-order valence-electron chi connectivity index (χ0n) is 14.3. The summed E-state index contributed by atoms with van der Waals surface area (Å²) in [7, 11) is 0. The van der Waals surface area contributed by atoms with Gasteiger partial charge in [0, 0.05) is 10.4 Å². The Morgan fingerprint density at radius 2 is 1.12 bits per heavy atom. The van der Waals surface area contributed by atoms with Crippen molar-refractivity contribution < 1.29 is 0 Å². The standard InChI is InChI=1S/C12H12.C11H9Cl/c1-9-6-7-11-5-3-4-10(2)12(11)8-9;1-8-5-6-9-3-2-4-11(12)10(9)7-8/h3-8H,1-2H3;2-7H,1H3. The molecule has 4 aromatic carbocycles. The third-order valence-corrected chi connectivity index (χ3v) is 4.57. The molecule has 0 bridgehead atoms. The highest BCUT2D eigenvalue weighted by molar-refractivity contribution is 6.35. The van der Waals surface area contributed by atoms with Gasteiger partial charge in [0.05, 0.1) is 0 Å². The molecule has 0 aromatic heterocycles. The molecule has 4 rings (SSSR count). The fraction of sp³-hybridized carbons (Fsp3) is 0.130. The SMILES string of the molecule is Cc1ccc2cccc(C)c2c1.Cc1ccc2cccc(Cl)c2c1. The Balaban J connectivity index is 0.000000141. The molecule has 0 amide bonds. The van der Waals surface area contributed by atoms with E-state index in [1.807, 2.05) is 12.1 Å². The van der Waals surface area contributed by atoms with E-state index in [1.165, 1.54) is 32.8 Å². The molecule has 24 heavy (non-hydrogen) atoms. The van der Waals surface area contributed by atoms with Crippen molar-refractivity contribution in [1.29, 1.82) is 0 Å². The van der Waals surface area contributed by atoms with Gasteiger partial charge in [-0.05, 0) is 54.6 Å². The van der Waals surface area contributed by atoms with Gasteiger partial charge in [0.15, 0.2) is 0 Å². The third kappa shape index (κ3) is 3.60. The van der Waals surface area contributed by atoms with Gasteiger partial charge >= 0.3 is 0 Å². The van der Waals surface area contributed by atoms with Gasteiger partial charge in [-0.1, -0.05) is 83.4 Å². The molecule has 0 aliphatic heterocycles. The number of benzene rings is 4. The van der Waals surface area contributed by atoms with Crippen molar-refractivity contribution in [3.63, 3.8) is 0 Å². The molecule has 1 heteroatoms. The molecule has 0 spiro atoms. The lowest BCUT2D eigenvalue weighted by atomic mass is 10.0. The summed E-state index contributed by atoms with van der Waals surface area (Å²) in [5, 5.41) is 5.88. The summed E-state index contributed by atoms with van der Waals surface area (Å²) in [5.41, 5.74) is 3.93. The van der Waals surface area contributed by atoms with Gasteiger partial charge in [-0.25, -0.2) is 0 Å². The van der Waals surface area contributed by atoms with Crippen molar-refractivity contribution in [3.8, 4) is 0 Å². The van der Waals surface area contributed by atoms with Crippen LogP contribution in [0.3, 0.4) is 0 Å². The van der Waals surface area contributed by atoms with Crippen LogP contribution in [0.15, 0.2) is 72.8 Å². The normalized spacial score (nSPS) is 10.5. The maximum Gasteiger partial charge on any atom is 0.0484 e. The van der Waals surface area contributed by atoms with E-state index in [1.54, 1.807) is 0 Å². The highest BCUT2D eigenvalue weighted by atomic mass is 35.5. The molecular formula is C23H21Cl. The van der Waals surface area contributed by atoms with Crippen LogP contribution in [-0.2, 0) is 0 Å². The second-order valence-electron chi connectivity index (χ2n) is 6.26. The minimum Gasteiger partial charge on any atom is -0.0837 e. The molecule has 0 fully saturated rings. The average molecular weight is 333 g/mol. The van der Waals surface area contributed by atoms with E-state index < -0.39 is 0 Å². The monoisotopic (exact) mass is 332 g/mol. The van der Waals surface area contributed by atoms with Crippen LogP contribution in [0.2, 0.25) is 5.02 Å². The first-order valence-corrected chi connectivity index (χ1v) is 8.53. The lowest BCUT2D eigenvalue weighted by Gasteiger charge is -2.01. The molecular weight excluding hydrogens is 312 g/mol. The zero-order chi connectivity index (χ0) is 17.1. The van der Waals surface area contributed by atoms with Crippen LogP contribution in [-0.4, -0.2) is 0 Å². The van der Waals surface area contributed by atoms with Gasteiger partial charge in [-0.2, -0.15) is 0 Å². The number of aryl methyl sites for hydroxylation is 3. The van der Waals surface area contributed by atoms with Gasteiger partial charge in [0.25, 0.3) is 0 Å². The highest BCUT2D eigenvalue weighted by Crippen LogP contribution is 2.23. The predicted molar refractivity (Wildman–Crippen MR) is 107 cm³/mol. The molecule has 0 nitrogen and oxygen atoms in total. The van der Waals surface area contributed by atoms with Crippen molar-refractivity contribution in [2.24, 2.45) is 0 Å². The maximum atomic E-state index is 6.03. The Bertz CT molecular complexity index is 916. The first-order valence-electron chi connectivity index (χ1n) is 8.15. The molecule has 0 saturated heterocycles. The number of hydrogen-bond acceptors (Lipinski definition) is 0. The molecule has 0 radical (unpaired) electrons. The number of halogens is 1. The van der Waals surface area contributed by atoms with E-state index in [0.717, 1.165) is 10.4 Å². The van der Waals surface area contributed by atoms with Gasteiger partial charge in [0.1, 0.15) is 0 Å².